The molecule has 0 bridgehead atoms. The molecule has 0 fully saturated rings. The molecule has 0 radical (unpaired) electrons. The summed E-state index contributed by atoms with van der Waals surface area (Å²) < 4.78 is 13.4. The van der Waals surface area contributed by atoms with Crippen LogP contribution < -0.4 is 5.32 Å². The summed E-state index contributed by atoms with van der Waals surface area (Å²) in [6.07, 6.45) is 1.71. The second-order valence-electron chi connectivity index (χ2n) is 3.64. The van der Waals surface area contributed by atoms with Crippen molar-refractivity contribution in [1.29, 1.82) is 0 Å². The summed E-state index contributed by atoms with van der Waals surface area (Å²) in [5, 5.41) is 3.03. The van der Waals surface area contributed by atoms with Crippen molar-refractivity contribution in [2.24, 2.45) is 0 Å². The molecule has 16 heavy (non-hydrogen) atoms. The van der Waals surface area contributed by atoms with Crippen LogP contribution in [0.25, 0.3) is 11.3 Å². The molecule has 2 rings (SSSR count). The Morgan fingerprint density at radius 1 is 1.19 bits per heavy atom. The number of anilines is 1. The number of halogens is 1. The molecular weight excluding hydrogens is 203 g/mol. The monoisotopic (exact) mass is 216 g/mol. The van der Waals surface area contributed by atoms with Crippen LogP contribution in [0.2, 0.25) is 0 Å². The molecule has 0 saturated carbocycles. The summed E-state index contributed by atoms with van der Waals surface area (Å²) in [5.74, 6) is -0.200. The molecule has 1 heterocycles. The van der Waals surface area contributed by atoms with Gasteiger partial charge in [-0.3, -0.25) is 4.98 Å². The van der Waals surface area contributed by atoms with E-state index in [0.717, 1.165) is 16.9 Å². The zero-order valence-electron chi connectivity index (χ0n) is 9.29. The summed E-state index contributed by atoms with van der Waals surface area (Å²) in [5.41, 5.74) is 3.17. The van der Waals surface area contributed by atoms with Gasteiger partial charge in [0.2, 0.25) is 0 Å². The molecule has 0 aliphatic carbocycles. The van der Waals surface area contributed by atoms with Crippen LogP contribution in [0.15, 0.2) is 36.5 Å². The van der Waals surface area contributed by atoms with E-state index in [0.29, 0.717) is 5.56 Å². The van der Waals surface area contributed by atoms with E-state index < -0.39 is 0 Å². The third-order valence-corrected chi connectivity index (χ3v) is 2.52. The minimum atomic E-state index is -0.200. The second kappa shape index (κ2) is 4.31. The van der Waals surface area contributed by atoms with Gasteiger partial charge in [0.15, 0.2) is 0 Å². The average Bonchev–Trinajstić information content (AvgIpc) is 2.33. The lowest BCUT2D eigenvalue weighted by Crippen LogP contribution is -1.91. The quantitative estimate of drug-likeness (QED) is 0.833. The van der Waals surface area contributed by atoms with Crippen molar-refractivity contribution in [3.63, 3.8) is 0 Å². The van der Waals surface area contributed by atoms with E-state index in [1.54, 1.807) is 19.2 Å². The van der Waals surface area contributed by atoms with E-state index >= 15 is 0 Å². The van der Waals surface area contributed by atoms with Crippen LogP contribution in [-0.4, -0.2) is 12.0 Å². The Morgan fingerprint density at radius 2 is 2.00 bits per heavy atom. The van der Waals surface area contributed by atoms with E-state index in [1.165, 1.54) is 6.07 Å². The highest BCUT2D eigenvalue weighted by atomic mass is 19.1. The van der Waals surface area contributed by atoms with Gasteiger partial charge in [-0.1, -0.05) is 12.1 Å². The predicted molar refractivity (Wildman–Crippen MR) is 63.9 cm³/mol. The first kappa shape index (κ1) is 10.6. The van der Waals surface area contributed by atoms with Crippen molar-refractivity contribution >= 4 is 5.69 Å². The molecule has 1 N–H and O–H groups in total. The predicted octanol–water partition coefficient (Wildman–Crippen LogP) is 3.24. The van der Waals surface area contributed by atoms with Crippen LogP contribution in [0.3, 0.4) is 0 Å². The Balaban J connectivity index is 2.46. The number of hydrogen-bond donors (Lipinski definition) is 1. The number of aromatic nitrogens is 1. The molecule has 0 atom stereocenters. The van der Waals surface area contributed by atoms with Gasteiger partial charge in [-0.2, -0.15) is 0 Å². The number of nitrogens with one attached hydrogen (secondary N) is 1. The highest BCUT2D eigenvalue weighted by Crippen LogP contribution is 2.21. The van der Waals surface area contributed by atoms with Gasteiger partial charge in [0, 0.05) is 24.5 Å². The number of nitrogens with zero attached hydrogens (tertiary/aromatic N) is 1. The molecule has 1 aromatic heterocycles. The van der Waals surface area contributed by atoms with Gasteiger partial charge in [-0.25, -0.2) is 4.39 Å². The maximum Gasteiger partial charge on any atom is 0.126 e. The highest BCUT2D eigenvalue weighted by Gasteiger charge is 2.03. The van der Waals surface area contributed by atoms with Crippen molar-refractivity contribution in [3.05, 3.63) is 47.9 Å². The fourth-order valence-electron chi connectivity index (χ4n) is 1.50. The van der Waals surface area contributed by atoms with E-state index in [-0.39, 0.29) is 5.82 Å². The fraction of sp³-hybridized carbons (Fsp3) is 0.154. The van der Waals surface area contributed by atoms with Gasteiger partial charge < -0.3 is 5.32 Å². The van der Waals surface area contributed by atoms with Crippen molar-refractivity contribution in [2.75, 3.05) is 12.4 Å². The van der Waals surface area contributed by atoms with Gasteiger partial charge >= 0.3 is 0 Å². The molecule has 3 heteroatoms. The third kappa shape index (κ3) is 2.03. The summed E-state index contributed by atoms with van der Waals surface area (Å²) in [7, 11) is 1.84. The number of aryl methyl sites for hydroxylation is 1. The van der Waals surface area contributed by atoms with Crippen LogP contribution in [0.5, 0.6) is 0 Å². The van der Waals surface area contributed by atoms with E-state index in [9.17, 15) is 4.39 Å². The van der Waals surface area contributed by atoms with Crippen LogP contribution in [0, 0.1) is 12.7 Å². The molecular formula is C13H13FN2. The molecule has 0 saturated heterocycles. The van der Waals surface area contributed by atoms with Gasteiger partial charge in [-0.15, -0.1) is 0 Å². The maximum atomic E-state index is 13.4. The Kier molecular flexibility index (Phi) is 2.86. The SMILES string of the molecule is CNc1ccnc(-c2ccc(C)c(F)c2)c1. The van der Waals surface area contributed by atoms with E-state index in [4.69, 9.17) is 0 Å². The lowest BCUT2D eigenvalue weighted by molar-refractivity contribution is 0.619. The van der Waals surface area contributed by atoms with E-state index in [2.05, 4.69) is 10.3 Å². The standard InChI is InChI=1S/C13H13FN2/c1-9-3-4-10(7-12(9)14)13-8-11(15-2)5-6-16-13/h3-8H,1-2H3,(H,15,16). The fourth-order valence-corrected chi connectivity index (χ4v) is 1.50. The molecule has 2 nitrogen and oxygen atoms in total. The highest BCUT2D eigenvalue weighted by molar-refractivity contribution is 5.64. The summed E-state index contributed by atoms with van der Waals surface area (Å²) >= 11 is 0. The molecule has 0 unspecified atom stereocenters. The normalized spacial score (nSPS) is 10.2. The minimum Gasteiger partial charge on any atom is -0.388 e. The zero-order chi connectivity index (χ0) is 11.5. The Morgan fingerprint density at radius 3 is 2.69 bits per heavy atom. The number of pyridine rings is 1. The Hall–Kier alpha value is -1.90. The summed E-state index contributed by atoms with van der Waals surface area (Å²) in [4.78, 5) is 4.22. The minimum absolute atomic E-state index is 0.200. The van der Waals surface area contributed by atoms with Crippen LogP contribution in [0.1, 0.15) is 5.56 Å². The zero-order valence-corrected chi connectivity index (χ0v) is 9.29. The molecule has 0 aliphatic rings. The molecule has 2 aromatic rings. The number of hydrogen-bond acceptors (Lipinski definition) is 2. The maximum absolute atomic E-state index is 13.4. The first-order chi connectivity index (χ1) is 7.70. The number of rotatable bonds is 2. The largest absolute Gasteiger partial charge is 0.388 e. The smallest absolute Gasteiger partial charge is 0.126 e. The molecule has 0 amide bonds. The second-order valence-corrected chi connectivity index (χ2v) is 3.64. The first-order valence-electron chi connectivity index (χ1n) is 5.11. The van der Waals surface area contributed by atoms with E-state index in [1.807, 2.05) is 25.2 Å². The average molecular weight is 216 g/mol. The van der Waals surface area contributed by atoms with Gasteiger partial charge in [0.05, 0.1) is 5.69 Å². The van der Waals surface area contributed by atoms with Gasteiger partial charge in [0.1, 0.15) is 5.82 Å². The van der Waals surface area contributed by atoms with Gasteiger partial charge in [0.25, 0.3) is 0 Å². The Bertz CT molecular complexity index is 509. The van der Waals surface area contributed by atoms with Crippen LogP contribution in [-0.2, 0) is 0 Å². The lowest BCUT2D eigenvalue weighted by atomic mass is 10.1. The molecule has 82 valence electrons. The summed E-state index contributed by atoms with van der Waals surface area (Å²) in [6, 6.07) is 8.91. The molecule has 0 spiro atoms. The van der Waals surface area contributed by atoms with Crippen molar-refractivity contribution < 1.29 is 4.39 Å². The first-order valence-corrected chi connectivity index (χ1v) is 5.11. The topological polar surface area (TPSA) is 24.9 Å². The van der Waals surface area contributed by atoms with Crippen molar-refractivity contribution in [1.82, 2.24) is 4.98 Å². The van der Waals surface area contributed by atoms with Crippen LogP contribution >= 0.6 is 0 Å². The molecule has 1 aromatic carbocycles. The van der Waals surface area contributed by atoms with Crippen molar-refractivity contribution in [2.45, 2.75) is 6.92 Å². The lowest BCUT2D eigenvalue weighted by Gasteiger charge is -2.05. The number of benzene rings is 1. The Labute approximate surface area is 94.2 Å². The summed E-state index contributed by atoms with van der Waals surface area (Å²) in [6.45, 7) is 1.75. The van der Waals surface area contributed by atoms with Crippen LogP contribution in [0.4, 0.5) is 10.1 Å². The molecule has 0 aliphatic heterocycles. The van der Waals surface area contributed by atoms with Gasteiger partial charge in [-0.05, 0) is 30.7 Å². The third-order valence-electron chi connectivity index (χ3n) is 2.52. The van der Waals surface area contributed by atoms with Crippen molar-refractivity contribution in [3.8, 4) is 11.3 Å².